The molecule has 1 rings (SSSR count). The molecule has 0 N–H and O–H groups in total. The molecule has 0 fully saturated rings. The van der Waals surface area contributed by atoms with Crippen molar-refractivity contribution in [2.24, 2.45) is 0 Å². The Hall–Kier alpha value is -1.87. The van der Waals surface area contributed by atoms with Crippen LogP contribution in [0.5, 0.6) is 0 Å². The molecule has 0 spiro atoms. The van der Waals surface area contributed by atoms with E-state index >= 15 is 0 Å². The average molecular weight is 229 g/mol. The van der Waals surface area contributed by atoms with E-state index in [4.69, 9.17) is 5.26 Å². The number of carbonyl (C=O) groups excluding carboxylic acids is 1. The van der Waals surface area contributed by atoms with Crippen molar-refractivity contribution in [2.75, 3.05) is 6.61 Å². The van der Waals surface area contributed by atoms with Crippen molar-refractivity contribution in [3.63, 3.8) is 0 Å². The van der Waals surface area contributed by atoms with Crippen LogP contribution in [0, 0.1) is 11.3 Å². The fraction of sp³-hybridized carbons (Fsp3) is 0.200. The second-order valence-electron chi connectivity index (χ2n) is 2.85. The molecule has 0 aliphatic carbocycles. The van der Waals surface area contributed by atoms with Crippen LogP contribution in [0.1, 0.15) is 15.9 Å². The monoisotopic (exact) mass is 229 g/mol. The van der Waals surface area contributed by atoms with Crippen LogP contribution < -0.4 is 0 Å². The number of halogens is 3. The summed E-state index contributed by atoms with van der Waals surface area (Å²) in [6.45, 7) is -1.06. The molecule has 1 aromatic carbocycles. The number of ether oxygens (including phenoxy) is 1. The summed E-state index contributed by atoms with van der Waals surface area (Å²) in [5, 5.41) is 8.47. The van der Waals surface area contributed by atoms with Crippen LogP contribution in [0.3, 0.4) is 0 Å². The fourth-order valence-corrected chi connectivity index (χ4v) is 0.961. The van der Waals surface area contributed by atoms with Gasteiger partial charge < -0.3 is 0 Å². The van der Waals surface area contributed by atoms with Crippen LogP contribution >= 0.6 is 0 Å². The molecule has 0 bridgehead atoms. The first-order chi connectivity index (χ1) is 7.42. The molecule has 0 aromatic heterocycles. The van der Waals surface area contributed by atoms with Gasteiger partial charge in [0.2, 0.25) is 0 Å². The van der Waals surface area contributed by atoms with Crippen LogP contribution in [0.4, 0.5) is 13.2 Å². The Balaban J connectivity index is 2.64. The summed E-state index contributed by atoms with van der Waals surface area (Å²) in [4.78, 5) is 11.2. The number of alkyl halides is 3. The van der Waals surface area contributed by atoms with E-state index < -0.39 is 18.8 Å². The van der Waals surface area contributed by atoms with Gasteiger partial charge in [-0.15, -0.1) is 13.2 Å². The number of hydrogen-bond donors (Lipinski definition) is 0. The predicted octanol–water partition coefficient (Wildman–Crippen LogP) is 2.28. The van der Waals surface area contributed by atoms with E-state index in [1.807, 2.05) is 6.07 Å². The summed E-state index contributed by atoms with van der Waals surface area (Å²) >= 11 is 0. The first-order valence-corrected chi connectivity index (χ1v) is 4.16. The van der Waals surface area contributed by atoms with Crippen molar-refractivity contribution >= 4 is 5.78 Å². The quantitative estimate of drug-likeness (QED) is 0.747. The Kier molecular flexibility index (Phi) is 3.64. The molecule has 6 heteroatoms. The molecule has 0 amide bonds. The first kappa shape index (κ1) is 12.2. The van der Waals surface area contributed by atoms with Gasteiger partial charge in [0.15, 0.2) is 5.78 Å². The van der Waals surface area contributed by atoms with Crippen LogP contribution in [0.2, 0.25) is 0 Å². The molecule has 0 unspecified atom stereocenters. The molecule has 3 nitrogen and oxygen atoms in total. The summed E-state index contributed by atoms with van der Waals surface area (Å²) in [6, 6.07) is 7.08. The van der Waals surface area contributed by atoms with E-state index in [-0.39, 0.29) is 5.56 Å². The normalized spacial score (nSPS) is 10.9. The third-order valence-corrected chi connectivity index (χ3v) is 1.70. The van der Waals surface area contributed by atoms with Crippen molar-refractivity contribution in [2.45, 2.75) is 6.36 Å². The minimum absolute atomic E-state index is 0.0725. The zero-order valence-corrected chi connectivity index (χ0v) is 7.91. The maximum atomic E-state index is 11.6. The molecular formula is C10H6F3NO2. The highest BCUT2D eigenvalue weighted by molar-refractivity contribution is 5.97. The van der Waals surface area contributed by atoms with E-state index in [9.17, 15) is 18.0 Å². The number of nitriles is 1. The molecular weight excluding hydrogens is 223 g/mol. The predicted molar refractivity (Wildman–Crippen MR) is 47.5 cm³/mol. The molecule has 0 saturated carbocycles. The zero-order chi connectivity index (χ0) is 12.2. The van der Waals surface area contributed by atoms with Gasteiger partial charge in [-0.2, -0.15) is 5.26 Å². The van der Waals surface area contributed by atoms with E-state index in [1.165, 1.54) is 24.3 Å². The second kappa shape index (κ2) is 4.77. The van der Waals surface area contributed by atoms with Gasteiger partial charge in [0.05, 0.1) is 11.6 Å². The number of carbonyl (C=O) groups is 1. The standard InChI is InChI=1S/C10H6F3NO2/c11-10(12,13)16-6-9(15)8-3-1-7(5-14)2-4-8/h1-4H,6H2. The molecule has 0 saturated heterocycles. The van der Waals surface area contributed by atoms with Gasteiger partial charge in [0.25, 0.3) is 0 Å². The largest absolute Gasteiger partial charge is 0.522 e. The maximum Gasteiger partial charge on any atom is 0.522 e. The Bertz CT molecular complexity index is 417. The van der Waals surface area contributed by atoms with Crippen molar-refractivity contribution < 1.29 is 22.7 Å². The van der Waals surface area contributed by atoms with Crippen LogP contribution in [-0.4, -0.2) is 18.8 Å². The number of nitrogens with zero attached hydrogens (tertiary/aromatic N) is 1. The van der Waals surface area contributed by atoms with E-state index in [0.717, 1.165) is 0 Å². The van der Waals surface area contributed by atoms with Gasteiger partial charge >= 0.3 is 6.36 Å². The lowest BCUT2D eigenvalue weighted by Crippen LogP contribution is -2.19. The highest BCUT2D eigenvalue weighted by Crippen LogP contribution is 2.16. The van der Waals surface area contributed by atoms with Crippen LogP contribution in [-0.2, 0) is 4.74 Å². The Morgan fingerprint density at radius 2 is 1.88 bits per heavy atom. The van der Waals surface area contributed by atoms with Crippen molar-refractivity contribution in [1.82, 2.24) is 0 Å². The maximum absolute atomic E-state index is 11.6. The van der Waals surface area contributed by atoms with E-state index in [0.29, 0.717) is 5.56 Å². The minimum atomic E-state index is -4.82. The topological polar surface area (TPSA) is 50.1 Å². The summed E-state index contributed by atoms with van der Waals surface area (Å²) in [7, 11) is 0. The van der Waals surface area contributed by atoms with E-state index in [2.05, 4.69) is 4.74 Å². The summed E-state index contributed by atoms with van der Waals surface area (Å²) in [5.41, 5.74) is 0.400. The number of benzene rings is 1. The minimum Gasteiger partial charge on any atom is -0.292 e. The molecule has 84 valence electrons. The molecule has 0 aliphatic heterocycles. The molecule has 0 atom stereocenters. The summed E-state index contributed by atoms with van der Waals surface area (Å²) in [5.74, 6) is -0.790. The van der Waals surface area contributed by atoms with Gasteiger partial charge in [-0.1, -0.05) is 12.1 Å². The van der Waals surface area contributed by atoms with Crippen LogP contribution in [0.25, 0.3) is 0 Å². The van der Waals surface area contributed by atoms with Gasteiger partial charge in [-0.25, -0.2) is 0 Å². The molecule has 0 aliphatic rings. The Morgan fingerprint density at radius 3 is 2.31 bits per heavy atom. The number of rotatable bonds is 3. The summed E-state index contributed by atoms with van der Waals surface area (Å²) < 4.78 is 38.3. The van der Waals surface area contributed by atoms with Crippen molar-refractivity contribution in [3.8, 4) is 6.07 Å². The van der Waals surface area contributed by atoms with Crippen LogP contribution in [0.15, 0.2) is 24.3 Å². The second-order valence-corrected chi connectivity index (χ2v) is 2.85. The summed E-state index contributed by atoms with van der Waals surface area (Å²) in [6.07, 6.45) is -4.82. The third-order valence-electron chi connectivity index (χ3n) is 1.70. The van der Waals surface area contributed by atoms with E-state index in [1.54, 1.807) is 0 Å². The molecule has 1 aromatic rings. The Morgan fingerprint density at radius 1 is 1.31 bits per heavy atom. The lowest BCUT2D eigenvalue weighted by Gasteiger charge is -2.06. The van der Waals surface area contributed by atoms with Gasteiger partial charge in [0, 0.05) is 5.56 Å². The molecule has 16 heavy (non-hydrogen) atoms. The number of ketones is 1. The fourth-order valence-electron chi connectivity index (χ4n) is 0.961. The van der Waals surface area contributed by atoms with Crippen molar-refractivity contribution in [1.29, 1.82) is 5.26 Å². The number of Topliss-reactive ketones (excluding diaryl/α,β-unsaturated/α-hetero) is 1. The Labute approximate surface area is 89.1 Å². The van der Waals surface area contributed by atoms with Gasteiger partial charge in [0.1, 0.15) is 6.61 Å². The highest BCUT2D eigenvalue weighted by atomic mass is 19.4. The highest BCUT2D eigenvalue weighted by Gasteiger charge is 2.30. The smallest absolute Gasteiger partial charge is 0.292 e. The molecule has 0 radical (unpaired) electrons. The third kappa shape index (κ3) is 3.71. The zero-order valence-electron chi connectivity index (χ0n) is 7.91. The lowest BCUT2D eigenvalue weighted by atomic mass is 10.1. The lowest BCUT2D eigenvalue weighted by molar-refractivity contribution is -0.318. The average Bonchev–Trinajstić information content (AvgIpc) is 2.25. The number of hydrogen-bond acceptors (Lipinski definition) is 3. The first-order valence-electron chi connectivity index (χ1n) is 4.16. The van der Waals surface area contributed by atoms with Gasteiger partial charge in [-0.05, 0) is 12.1 Å². The van der Waals surface area contributed by atoms with Gasteiger partial charge in [-0.3, -0.25) is 9.53 Å². The molecule has 0 heterocycles. The SMILES string of the molecule is N#Cc1ccc(C(=O)COC(F)(F)F)cc1. The van der Waals surface area contributed by atoms with Crippen molar-refractivity contribution in [3.05, 3.63) is 35.4 Å².